The van der Waals surface area contributed by atoms with E-state index in [0.717, 1.165) is 21.0 Å². The maximum Gasteiger partial charge on any atom is 0.208 e. The van der Waals surface area contributed by atoms with Gasteiger partial charge in [0.1, 0.15) is 6.33 Å². The Balaban J connectivity index is 2.25. The Morgan fingerprint density at radius 1 is 1.35 bits per heavy atom. The van der Waals surface area contributed by atoms with Crippen molar-refractivity contribution >= 4 is 34.0 Å². The topological polar surface area (TPSA) is 76.1 Å². The first-order valence-corrected chi connectivity index (χ1v) is 7.60. The van der Waals surface area contributed by atoms with Crippen molar-refractivity contribution in [1.82, 2.24) is 20.2 Å². The first-order chi connectivity index (χ1) is 9.65. The van der Waals surface area contributed by atoms with E-state index in [1.54, 1.807) is 7.11 Å². The van der Waals surface area contributed by atoms with Crippen LogP contribution in [0, 0.1) is 0 Å². The molecule has 0 radical (unpaired) electrons. The molecule has 0 aliphatic rings. The van der Waals surface area contributed by atoms with Crippen LogP contribution in [0.4, 0.5) is 10.9 Å². The highest BCUT2D eigenvalue weighted by atomic mass is 32.2. The van der Waals surface area contributed by atoms with Crippen molar-refractivity contribution in [2.45, 2.75) is 16.3 Å². The van der Waals surface area contributed by atoms with Gasteiger partial charge in [0, 0.05) is 20.6 Å². The molecule has 0 bridgehead atoms. The zero-order chi connectivity index (χ0) is 14.5. The van der Waals surface area contributed by atoms with Crippen molar-refractivity contribution in [2.75, 3.05) is 38.0 Å². The molecule has 7 nitrogen and oxygen atoms in total. The molecule has 0 saturated carbocycles. The summed E-state index contributed by atoms with van der Waals surface area (Å²) in [5.74, 6) is 1.31. The lowest BCUT2D eigenvalue weighted by molar-refractivity contribution is 0.400. The molecule has 9 heteroatoms. The quantitative estimate of drug-likeness (QED) is 0.812. The molecule has 0 aromatic carbocycles. The van der Waals surface area contributed by atoms with Gasteiger partial charge in [-0.05, 0) is 18.7 Å². The molecule has 0 saturated heterocycles. The van der Waals surface area contributed by atoms with E-state index in [4.69, 9.17) is 4.74 Å². The van der Waals surface area contributed by atoms with Crippen LogP contribution in [-0.4, -0.2) is 47.9 Å². The van der Waals surface area contributed by atoms with Crippen LogP contribution < -0.4 is 15.0 Å². The minimum Gasteiger partial charge on any atom is -0.490 e. The van der Waals surface area contributed by atoms with E-state index in [2.05, 4.69) is 25.5 Å². The zero-order valence-electron chi connectivity index (χ0n) is 11.7. The molecule has 2 rings (SSSR count). The summed E-state index contributed by atoms with van der Waals surface area (Å²) in [6.07, 6.45) is 1.51. The van der Waals surface area contributed by atoms with E-state index in [-0.39, 0.29) is 0 Å². The van der Waals surface area contributed by atoms with Crippen LogP contribution in [0.2, 0.25) is 0 Å². The normalized spacial score (nSPS) is 10.4. The summed E-state index contributed by atoms with van der Waals surface area (Å²) in [7, 11) is 5.47. The van der Waals surface area contributed by atoms with Crippen LogP contribution in [0.5, 0.6) is 5.75 Å². The van der Waals surface area contributed by atoms with Gasteiger partial charge < -0.3 is 15.0 Å². The van der Waals surface area contributed by atoms with Gasteiger partial charge in [-0.15, -0.1) is 10.2 Å². The summed E-state index contributed by atoms with van der Waals surface area (Å²) in [5, 5.41) is 13.0. The van der Waals surface area contributed by atoms with E-state index < -0.39 is 0 Å². The van der Waals surface area contributed by atoms with Crippen molar-refractivity contribution < 1.29 is 4.74 Å². The van der Waals surface area contributed by atoms with E-state index in [0.29, 0.717) is 11.6 Å². The minimum absolute atomic E-state index is 0.626. The molecule has 0 spiro atoms. The smallest absolute Gasteiger partial charge is 0.208 e. The van der Waals surface area contributed by atoms with Crippen LogP contribution in [0.3, 0.4) is 0 Å². The van der Waals surface area contributed by atoms with Gasteiger partial charge in [0.05, 0.1) is 7.11 Å². The Labute approximate surface area is 125 Å². The Morgan fingerprint density at radius 2 is 2.15 bits per heavy atom. The van der Waals surface area contributed by atoms with Gasteiger partial charge in [0.2, 0.25) is 5.13 Å². The molecular weight excluding hydrogens is 296 g/mol. The Bertz CT molecular complexity index is 574. The minimum atomic E-state index is 0.626. The molecule has 108 valence electrons. The molecular formula is C11H16N6OS2. The average molecular weight is 312 g/mol. The lowest BCUT2D eigenvalue weighted by Crippen LogP contribution is -2.07. The number of hydrogen-bond donors (Lipinski definition) is 1. The maximum absolute atomic E-state index is 5.39. The average Bonchev–Trinajstić information content (AvgIpc) is 2.88. The highest BCUT2D eigenvalue weighted by molar-refractivity contribution is 8.01. The van der Waals surface area contributed by atoms with Crippen LogP contribution in [0.25, 0.3) is 0 Å². The molecule has 0 aliphatic carbocycles. The van der Waals surface area contributed by atoms with E-state index in [1.165, 1.54) is 29.4 Å². The van der Waals surface area contributed by atoms with Crippen molar-refractivity contribution in [3.63, 3.8) is 0 Å². The highest BCUT2D eigenvalue weighted by Crippen LogP contribution is 2.38. The lowest BCUT2D eigenvalue weighted by Gasteiger charge is -2.10. The maximum atomic E-state index is 5.39. The van der Waals surface area contributed by atoms with Crippen LogP contribution in [0.15, 0.2) is 15.7 Å². The van der Waals surface area contributed by atoms with E-state index in [1.807, 2.05) is 25.9 Å². The number of nitrogens with zero attached hydrogens (tertiary/aromatic N) is 5. The van der Waals surface area contributed by atoms with Gasteiger partial charge in [0.15, 0.2) is 20.9 Å². The molecule has 20 heavy (non-hydrogen) atoms. The summed E-state index contributed by atoms with van der Waals surface area (Å²) in [5.41, 5.74) is 0. The van der Waals surface area contributed by atoms with E-state index in [9.17, 15) is 0 Å². The largest absolute Gasteiger partial charge is 0.490 e. The Kier molecular flexibility index (Phi) is 4.96. The van der Waals surface area contributed by atoms with Gasteiger partial charge in [-0.3, -0.25) is 0 Å². The van der Waals surface area contributed by atoms with Crippen LogP contribution >= 0.6 is 23.1 Å². The summed E-state index contributed by atoms with van der Waals surface area (Å²) in [6, 6.07) is 0. The number of anilines is 2. The Morgan fingerprint density at radius 3 is 2.75 bits per heavy atom. The van der Waals surface area contributed by atoms with Gasteiger partial charge in [0.25, 0.3) is 0 Å². The third kappa shape index (κ3) is 3.28. The first-order valence-electron chi connectivity index (χ1n) is 5.97. The van der Waals surface area contributed by atoms with Crippen molar-refractivity contribution in [3.05, 3.63) is 6.33 Å². The second-order valence-corrected chi connectivity index (χ2v) is 6.13. The summed E-state index contributed by atoms with van der Waals surface area (Å²) >= 11 is 2.92. The van der Waals surface area contributed by atoms with Gasteiger partial charge in [-0.1, -0.05) is 11.3 Å². The predicted molar refractivity (Wildman–Crippen MR) is 81.1 cm³/mol. The zero-order valence-corrected chi connectivity index (χ0v) is 13.4. The standard InChI is InChI=1S/C11H16N6OS2/c1-5-12-8-7(18-4)9(14-6-13-8)19-11-16-15-10(20-11)17(2)3/h6H,5H2,1-4H3,(H,12,13,14). The first kappa shape index (κ1) is 14.8. The van der Waals surface area contributed by atoms with E-state index >= 15 is 0 Å². The second kappa shape index (κ2) is 6.71. The third-order valence-electron chi connectivity index (χ3n) is 2.28. The molecule has 0 amide bonds. The van der Waals surface area contributed by atoms with Crippen molar-refractivity contribution in [1.29, 1.82) is 0 Å². The van der Waals surface area contributed by atoms with Gasteiger partial charge >= 0.3 is 0 Å². The highest BCUT2D eigenvalue weighted by Gasteiger charge is 2.15. The molecule has 0 aliphatic heterocycles. The van der Waals surface area contributed by atoms with Crippen LogP contribution in [0.1, 0.15) is 6.92 Å². The molecule has 0 unspecified atom stereocenters. The number of rotatable bonds is 6. The Hall–Kier alpha value is -1.61. The van der Waals surface area contributed by atoms with Gasteiger partial charge in [-0.2, -0.15) is 0 Å². The fourth-order valence-electron chi connectivity index (χ4n) is 1.41. The predicted octanol–water partition coefficient (Wildman–Crippen LogP) is 1.99. The van der Waals surface area contributed by atoms with Crippen LogP contribution in [-0.2, 0) is 0 Å². The number of hydrogen-bond acceptors (Lipinski definition) is 9. The number of aromatic nitrogens is 4. The molecule has 2 aromatic rings. The third-order valence-corrected chi connectivity index (χ3v) is 4.41. The number of nitrogens with one attached hydrogen (secondary N) is 1. The molecule has 1 N–H and O–H groups in total. The fourth-order valence-corrected chi connectivity index (χ4v) is 3.16. The van der Waals surface area contributed by atoms with Gasteiger partial charge in [-0.25, -0.2) is 9.97 Å². The molecule has 2 aromatic heterocycles. The lowest BCUT2D eigenvalue weighted by atomic mass is 10.5. The monoisotopic (exact) mass is 312 g/mol. The summed E-state index contributed by atoms with van der Waals surface area (Å²) < 4.78 is 6.21. The SMILES string of the molecule is CCNc1ncnc(Sc2nnc(N(C)C)s2)c1OC. The van der Waals surface area contributed by atoms with Crippen molar-refractivity contribution in [2.24, 2.45) is 0 Å². The molecule has 0 atom stereocenters. The van der Waals surface area contributed by atoms with Crippen molar-refractivity contribution in [3.8, 4) is 5.75 Å². The summed E-state index contributed by atoms with van der Waals surface area (Å²) in [4.78, 5) is 10.3. The molecule has 2 heterocycles. The number of methoxy groups -OCH3 is 1. The second-order valence-electron chi connectivity index (χ2n) is 3.94. The number of ether oxygens (including phenoxy) is 1. The summed E-state index contributed by atoms with van der Waals surface area (Å²) in [6.45, 7) is 2.77. The molecule has 0 fully saturated rings. The fraction of sp³-hybridized carbons (Fsp3) is 0.455.